The summed E-state index contributed by atoms with van der Waals surface area (Å²) >= 11 is 9.46. The van der Waals surface area contributed by atoms with Crippen LogP contribution in [0.5, 0.6) is 0 Å². The molecule has 0 bridgehead atoms. The van der Waals surface area contributed by atoms with Crippen molar-refractivity contribution in [2.75, 3.05) is 0 Å². The van der Waals surface area contributed by atoms with E-state index in [1.807, 2.05) is 23.6 Å². The SMILES string of the molecule is Cc1nc2c(C(=O)O)cccc2n1-c1ccc(Cl)cc1Br. The maximum absolute atomic E-state index is 11.3. The highest BCUT2D eigenvalue weighted by molar-refractivity contribution is 9.10. The molecule has 0 unspecified atom stereocenters. The predicted molar refractivity (Wildman–Crippen MR) is 85.5 cm³/mol. The van der Waals surface area contributed by atoms with E-state index in [1.165, 1.54) is 0 Å². The highest BCUT2D eigenvalue weighted by Crippen LogP contribution is 2.30. The van der Waals surface area contributed by atoms with E-state index >= 15 is 0 Å². The number of halogens is 2. The van der Waals surface area contributed by atoms with E-state index < -0.39 is 5.97 Å². The van der Waals surface area contributed by atoms with Gasteiger partial charge in [-0.1, -0.05) is 17.7 Å². The number of hydrogen-bond acceptors (Lipinski definition) is 2. The largest absolute Gasteiger partial charge is 0.478 e. The lowest BCUT2D eigenvalue weighted by molar-refractivity contribution is 0.0699. The van der Waals surface area contributed by atoms with Gasteiger partial charge in [-0.3, -0.25) is 4.57 Å². The average Bonchev–Trinajstić information content (AvgIpc) is 2.74. The van der Waals surface area contributed by atoms with Crippen molar-refractivity contribution in [2.45, 2.75) is 6.92 Å². The Morgan fingerprint density at radius 1 is 1.33 bits per heavy atom. The van der Waals surface area contributed by atoms with Gasteiger partial charge in [-0.25, -0.2) is 9.78 Å². The number of fused-ring (bicyclic) bond motifs is 1. The maximum Gasteiger partial charge on any atom is 0.337 e. The third-order valence-corrected chi connectivity index (χ3v) is 4.10. The molecule has 21 heavy (non-hydrogen) atoms. The smallest absolute Gasteiger partial charge is 0.337 e. The molecule has 1 N–H and O–H groups in total. The lowest BCUT2D eigenvalue weighted by Crippen LogP contribution is -1.99. The van der Waals surface area contributed by atoms with Gasteiger partial charge >= 0.3 is 5.97 Å². The van der Waals surface area contributed by atoms with Gasteiger partial charge in [0.1, 0.15) is 11.3 Å². The van der Waals surface area contributed by atoms with Crippen molar-refractivity contribution >= 4 is 44.5 Å². The van der Waals surface area contributed by atoms with Crippen LogP contribution in [-0.2, 0) is 0 Å². The fraction of sp³-hybridized carbons (Fsp3) is 0.0667. The molecule has 0 saturated heterocycles. The number of benzene rings is 2. The molecular weight excluding hydrogens is 356 g/mol. The van der Waals surface area contributed by atoms with Crippen molar-refractivity contribution < 1.29 is 9.90 Å². The summed E-state index contributed by atoms with van der Waals surface area (Å²) in [7, 11) is 0. The van der Waals surface area contributed by atoms with Crippen molar-refractivity contribution in [1.82, 2.24) is 9.55 Å². The molecule has 3 rings (SSSR count). The van der Waals surface area contributed by atoms with Crippen LogP contribution in [0.4, 0.5) is 0 Å². The van der Waals surface area contributed by atoms with Crippen molar-refractivity contribution in [3.63, 3.8) is 0 Å². The van der Waals surface area contributed by atoms with Crippen LogP contribution < -0.4 is 0 Å². The van der Waals surface area contributed by atoms with Crippen molar-refractivity contribution in [3.05, 3.63) is 57.3 Å². The second-order valence-electron chi connectivity index (χ2n) is 4.57. The first kappa shape index (κ1) is 14.1. The van der Waals surface area contributed by atoms with Gasteiger partial charge in [0.15, 0.2) is 0 Å². The zero-order valence-corrected chi connectivity index (χ0v) is 13.3. The minimum absolute atomic E-state index is 0.194. The standard InChI is InChI=1S/C15H10BrClN2O2/c1-8-18-14-10(15(20)21)3-2-4-13(14)19(8)12-6-5-9(17)7-11(12)16/h2-7H,1H3,(H,20,21). The molecule has 2 aromatic carbocycles. The van der Waals surface area contributed by atoms with Gasteiger partial charge in [-0.15, -0.1) is 0 Å². The highest BCUT2D eigenvalue weighted by Gasteiger charge is 2.17. The molecule has 4 nitrogen and oxygen atoms in total. The van der Waals surface area contributed by atoms with Gasteiger partial charge in [-0.2, -0.15) is 0 Å². The van der Waals surface area contributed by atoms with Crippen LogP contribution in [0.1, 0.15) is 16.2 Å². The highest BCUT2D eigenvalue weighted by atomic mass is 79.9. The Bertz CT molecular complexity index is 873. The molecule has 106 valence electrons. The average molecular weight is 366 g/mol. The number of aromatic nitrogens is 2. The summed E-state index contributed by atoms with van der Waals surface area (Å²) in [5.41, 5.74) is 2.28. The summed E-state index contributed by atoms with van der Waals surface area (Å²) in [6, 6.07) is 10.6. The first-order valence-corrected chi connectivity index (χ1v) is 7.33. The van der Waals surface area contributed by atoms with E-state index in [9.17, 15) is 9.90 Å². The molecule has 1 aromatic heterocycles. The molecular formula is C15H10BrClN2O2. The number of para-hydroxylation sites is 1. The third-order valence-electron chi connectivity index (χ3n) is 3.23. The summed E-state index contributed by atoms with van der Waals surface area (Å²) in [4.78, 5) is 15.7. The monoisotopic (exact) mass is 364 g/mol. The van der Waals surface area contributed by atoms with E-state index in [2.05, 4.69) is 20.9 Å². The van der Waals surface area contributed by atoms with Crippen LogP contribution >= 0.6 is 27.5 Å². The van der Waals surface area contributed by atoms with Crippen molar-refractivity contribution in [3.8, 4) is 5.69 Å². The number of carboxylic acid groups (broad SMARTS) is 1. The van der Waals surface area contributed by atoms with Crippen molar-refractivity contribution in [1.29, 1.82) is 0 Å². The molecule has 0 saturated carbocycles. The van der Waals surface area contributed by atoms with Crippen LogP contribution in [0.25, 0.3) is 16.7 Å². The molecule has 0 aliphatic heterocycles. The Balaban J connectivity index is 2.36. The number of hydrogen-bond donors (Lipinski definition) is 1. The Labute approximate surface area is 134 Å². The fourth-order valence-corrected chi connectivity index (χ4v) is 3.21. The molecule has 0 aliphatic rings. The first-order valence-electron chi connectivity index (χ1n) is 6.16. The minimum Gasteiger partial charge on any atom is -0.478 e. The number of aryl methyl sites for hydroxylation is 1. The van der Waals surface area contributed by atoms with Gasteiger partial charge in [0.25, 0.3) is 0 Å². The number of imidazole rings is 1. The number of nitrogens with zero attached hydrogens (tertiary/aromatic N) is 2. The van der Waals surface area contributed by atoms with Gasteiger partial charge in [0, 0.05) is 9.50 Å². The summed E-state index contributed by atoms with van der Waals surface area (Å²) in [6.45, 7) is 1.84. The molecule has 0 radical (unpaired) electrons. The van der Waals surface area contributed by atoms with Crippen LogP contribution in [0, 0.1) is 6.92 Å². The minimum atomic E-state index is -0.986. The molecule has 0 fully saturated rings. The Hall–Kier alpha value is -1.85. The Morgan fingerprint density at radius 3 is 2.76 bits per heavy atom. The number of carboxylic acids is 1. The molecule has 0 spiro atoms. The number of carbonyl (C=O) groups is 1. The fourth-order valence-electron chi connectivity index (χ4n) is 2.35. The van der Waals surface area contributed by atoms with Gasteiger partial charge < -0.3 is 5.11 Å². The quantitative estimate of drug-likeness (QED) is 0.730. The molecule has 0 amide bonds. The number of aromatic carboxylic acids is 1. The summed E-state index contributed by atoms with van der Waals surface area (Å²) in [5, 5.41) is 9.89. The maximum atomic E-state index is 11.3. The van der Waals surface area contributed by atoms with Gasteiger partial charge in [0.05, 0.1) is 16.8 Å². The van der Waals surface area contributed by atoms with Crippen LogP contribution in [0.15, 0.2) is 40.9 Å². The molecule has 1 heterocycles. The lowest BCUT2D eigenvalue weighted by Gasteiger charge is -2.09. The normalized spacial score (nSPS) is 11.0. The zero-order valence-electron chi connectivity index (χ0n) is 11.0. The van der Waals surface area contributed by atoms with Crippen molar-refractivity contribution in [2.24, 2.45) is 0 Å². The van der Waals surface area contributed by atoms with Gasteiger partial charge in [-0.05, 0) is 53.2 Å². The van der Waals surface area contributed by atoms with E-state index in [4.69, 9.17) is 11.6 Å². The second kappa shape index (κ2) is 5.16. The van der Waals surface area contributed by atoms with E-state index in [1.54, 1.807) is 24.3 Å². The Morgan fingerprint density at radius 2 is 2.10 bits per heavy atom. The van der Waals surface area contributed by atoms with Gasteiger partial charge in [0.2, 0.25) is 0 Å². The summed E-state index contributed by atoms with van der Waals surface area (Å²) in [5.74, 6) is -0.276. The van der Waals surface area contributed by atoms with Crippen LogP contribution in [0.2, 0.25) is 5.02 Å². The third kappa shape index (κ3) is 2.32. The number of rotatable bonds is 2. The lowest BCUT2D eigenvalue weighted by atomic mass is 10.2. The topological polar surface area (TPSA) is 55.1 Å². The molecule has 0 atom stereocenters. The van der Waals surface area contributed by atoms with Crippen LogP contribution in [-0.4, -0.2) is 20.6 Å². The van der Waals surface area contributed by atoms with E-state index in [-0.39, 0.29) is 5.56 Å². The summed E-state index contributed by atoms with van der Waals surface area (Å²) < 4.78 is 2.72. The second-order valence-corrected chi connectivity index (χ2v) is 5.86. The molecule has 6 heteroatoms. The molecule has 3 aromatic rings. The zero-order chi connectivity index (χ0) is 15.1. The van der Waals surface area contributed by atoms with Crippen LogP contribution in [0.3, 0.4) is 0 Å². The van der Waals surface area contributed by atoms with E-state index in [0.717, 1.165) is 15.7 Å². The predicted octanol–water partition coefficient (Wildman–Crippen LogP) is 4.45. The first-order chi connectivity index (χ1) is 9.99. The molecule has 0 aliphatic carbocycles. The van der Waals surface area contributed by atoms with E-state index in [0.29, 0.717) is 16.4 Å². The summed E-state index contributed by atoms with van der Waals surface area (Å²) in [6.07, 6.45) is 0. The Kier molecular flexibility index (Phi) is 3.47.